The monoisotopic (exact) mass is 358 g/mol. The van der Waals surface area contributed by atoms with Crippen LogP contribution in [0, 0.1) is 0 Å². The summed E-state index contributed by atoms with van der Waals surface area (Å²) in [5, 5.41) is 4.04. The molecule has 144 valence electrons. The average Bonchev–Trinajstić information content (AvgIpc) is 2.66. The van der Waals surface area contributed by atoms with Crippen molar-refractivity contribution in [3.8, 4) is 5.75 Å². The van der Waals surface area contributed by atoms with Crippen LogP contribution in [0.3, 0.4) is 0 Å². The minimum Gasteiger partial charge on any atom is -0.489 e. The zero-order chi connectivity index (χ0) is 18.9. The summed E-state index contributed by atoms with van der Waals surface area (Å²) in [6, 6.07) is 7.58. The second-order valence-corrected chi connectivity index (χ2v) is 6.51. The summed E-state index contributed by atoms with van der Waals surface area (Å²) in [5.41, 5.74) is 3.43. The van der Waals surface area contributed by atoms with Gasteiger partial charge in [0, 0.05) is 12.0 Å². The first-order valence-electron chi connectivity index (χ1n) is 9.92. The molecule has 0 aliphatic carbocycles. The zero-order valence-corrected chi connectivity index (χ0v) is 16.2. The summed E-state index contributed by atoms with van der Waals surface area (Å²) in [7, 11) is 0. The minimum absolute atomic E-state index is 0.0336. The van der Waals surface area contributed by atoms with Gasteiger partial charge >= 0.3 is 0 Å². The molecule has 1 aromatic rings. The summed E-state index contributed by atoms with van der Waals surface area (Å²) in [4.78, 5) is 11.8. The Hall–Kier alpha value is -2.10. The van der Waals surface area contributed by atoms with Crippen molar-refractivity contribution in [1.82, 2.24) is 5.43 Å². The number of nitrogens with zero attached hydrogens (tertiary/aromatic N) is 1. The van der Waals surface area contributed by atoms with Crippen molar-refractivity contribution < 1.29 is 9.53 Å². The molecule has 0 fully saturated rings. The first-order valence-corrected chi connectivity index (χ1v) is 9.92. The maximum absolute atomic E-state index is 11.8. The van der Waals surface area contributed by atoms with Gasteiger partial charge in [-0.05, 0) is 18.6 Å². The highest BCUT2D eigenvalue weighted by Gasteiger charge is 2.01. The number of unbranched alkanes of at least 4 members (excludes halogenated alkanes) is 8. The van der Waals surface area contributed by atoms with Gasteiger partial charge in [0.1, 0.15) is 12.4 Å². The standard InChI is InChI=1S/C22H34N2O2/c1-3-5-6-7-8-9-10-11-12-17-22(25)24-23-19-20-15-13-14-16-21(20)26-18-4-2/h4,13-16,19H,2-3,5-12,17-18H2,1H3,(H,24,25)/b23-19+. The molecular weight excluding hydrogens is 324 g/mol. The van der Waals surface area contributed by atoms with Gasteiger partial charge in [-0.2, -0.15) is 5.10 Å². The predicted molar refractivity (Wildman–Crippen MR) is 110 cm³/mol. The Bertz CT molecular complexity index is 541. The molecule has 1 aromatic carbocycles. The first-order chi connectivity index (χ1) is 12.8. The first kappa shape index (κ1) is 21.9. The van der Waals surface area contributed by atoms with Gasteiger partial charge in [-0.15, -0.1) is 0 Å². The normalized spacial score (nSPS) is 10.8. The molecule has 0 aliphatic heterocycles. The van der Waals surface area contributed by atoms with Crippen LogP contribution in [-0.2, 0) is 4.79 Å². The molecule has 0 atom stereocenters. The van der Waals surface area contributed by atoms with E-state index >= 15 is 0 Å². The second-order valence-electron chi connectivity index (χ2n) is 6.51. The maximum atomic E-state index is 11.8. The Labute approximate surface area is 158 Å². The SMILES string of the molecule is C=CCOc1ccccc1/C=N/NC(=O)CCCCCCCCCCC. The van der Waals surface area contributed by atoms with Gasteiger partial charge in [-0.1, -0.05) is 83.1 Å². The summed E-state index contributed by atoms with van der Waals surface area (Å²) in [5.74, 6) is 0.693. The molecule has 0 spiro atoms. The van der Waals surface area contributed by atoms with Gasteiger partial charge in [0.05, 0.1) is 6.21 Å². The molecular formula is C22H34N2O2. The average molecular weight is 359 g/mol. The Morgan fingerprint density at radius 2 is 1.73 bits per heavy atom. The number of nitrogens with one attached hydrogen (secondary N) is 1. The van der Waals surface area contributed by atoms with Crippen molar-refractivity contribution in [1.29, 1.82) is 0 Å². The Morgan fingerprint density at radius 1 is 1.08 bits per heavy atom. The number of hydrogen-bond acceptors (Lipinski definition) is 3. The second kappa shape index (κ2) is 15.2. The highest BCUT2D eigenvalue weighted by molar-refractivity contribution is 5.85. The molecule has 0 saturated heterocycles. The van der Waals surface area contributed by atoms with Crippen molar-refractivity contribution in [3.63, 3.8) is 0 Å². The van der Waals surface area contributed by atoms with E-state index in [1.165, 1.54) is 44.9 Å². The molecule has 0 bridgehead atoms. The van der Waals surface area contributed by atoms with Crippen LogP contribution in [0.2, 0.25) is 0 Å². The molecule has 1 N–H and O–H groups in total. The van der Waals surface area contributed by atoms with Crippen molar-refractivity contribution >= 4 is 12.1 Å². The predicted octanol–water partition coefficient (Wildman–Crippen LogP) is 5.62. The number of para-hydroxylation sites is 1. The van der Waals surface area contributed by atoms with E-state index in [0.717, 1.165) is 24.2 Å². The van der Waals surface area contributed by atoms with Crippen molar-refractivity contribution in [3.05, 3.63) is 42.5 Å². The van der Waals surface area contributed by atoms with Gasteiger partial charge in [0.25, 0.3) is 0 Å². The molecule has 0 radical (unpaired) electrons. The molecule has 0 aliphatic rings. The molecule has 4 nitrogen and oxygen atoms in total. The Kier molecular flexibility index (Phi) is 12.8. The number of ether oxygens (including phenoxy) is 1. The lowest BCUT2D eigenvalue weighted by Crippen LogP contribution is -2.17. The largest absolute Gasteiger partial charge is 0.489 e. The van der Waals surface area contributed by atoms with Gasteiger partial charge in [-0.25, -0.2) is 5.43 Å². The topological polar surface area (TPSA) is 50.7 Å². The molecule has 0 saturated carbocycles. The van der Waals surface area contributed by atoms with E-state index in [1.54, 1.807) is 12.3 Å². The number of hydrogen-bond donors (Lipinski definition) is 1. The van der Waals surface area contributed by atoms with E-state index in [1.807, 2.05) is 24.3 Å². The van der Waals surface area contributed by atoms with E-state index in [4.69, 9.17) is 4.74 Å². The van der Waals surface area contributed by atoms with E-state index in [2.05, 4.69) is 24.0 Å². The molecule has 0 aromatic heterocycles. The molecule has 1 amide bonds. The lowest BCUT2D eigenvalue weighted by atomic mass is 10.1. The van der Waals surface area contributed by atoms with Crippen molar-refractivity contribution in [2.75, 3.05) is 6.61 Å². The number of carbonyl (C=O) groups is 1. The van der Waals surface area contributed by atoms with Gasteiger partial charge in [0.15, 0.2) is 0 Å². The fraction of sp³-hybridized carbons (Fsp3) is 0.545. The highest BCUT2D eigenvalue weighted by atomic mass is 16.5. The highest BCUT2D eigenvalue weighted by Crippen LogP contribution is 2.15. The fourth-order valence-electron chi connectivity index (χ4n) is 2.69. The Morgan fingerprint density at radius 3 is 2.42 bits per heavy atom. The third kappa shape index (κ3) is 10.7. The number of rotatable bonds is 15. The Balaban J connectivity index is 2.14. The van der Waals surface area contributed by atoms with E-state index in [9.17, 15) is 4.79 Å². The summed E-state index contributed by atoms with van der Waals surface area (Å²) < 4.78 is 5.56. The van der Waals surface area contributed by atoms with Crippen LogP contribution in [0.5, 0.6) is 5.75 Å². The lowest BCUT2D eigenvalue weighted by molar-refractivity contribution is -0.121. The van der Waals surface area contributed by atoms with Crippen LogP contribution < -0.4 is 10.2 Å². The van der Waals surface area contributed by atoms with Gasteiger partial charge in [-0.3, -0.25) is 4.79 Å². The van der Waals surface area contributed by atoms with Crippen molar-refractivity contribution in [2.24, 2.45) is 5.10 Å². The third-order valence-electron chi connectivity index (χ3n) is 4.18. The van der Waals surface area contributed by atoms with E-state index in [0.29, 0.717) is 13.0 Å². The van der Waals surface area contributed by atoms with Crippen LogP contribution in [0.25, 0.3) is 0 Å². The van der Waals surface area contributed by atoms with Crippen LogP contribution >= 0.6 is 0 Å². The summed E-state index contributed by atoms with van der Waals surface area (Å²) in [6.45, 7) is 6.32. The van der Waals surface area contributed by atoms with Gasteiger partial charge < -0.3 is 4.74 Å². The molecule has 0 heterocycles. The molecule has 0 unspecified atom stereocenters. The van der Waals surface area contributed by atoms with E-state index in [-0.39, 0.29) is 5.91 Å². The number of carbonyl (C=O) groups excluding carboxylic acids is 1. The third-order valence-corrected chi connectivity index (χ3v) is 4.18. The van der Waals surface area contributed by atoms with Gasteiger partial charge in [0.2, 0.25) is 5.91 Å². The number of amides is 1. The fourth-order valence-corrected chi connectivity index (χ4v) is 2.69. The molecule has 4 heteroatoms. The number of benzene rings is 1. The van der Waals surface area contributed by atoms with Crippen LogP contribution in [0.15, 0.2) is 42.0 Å². The van der Waals surface area contributed by atoms with Crippen molar-refractivity contribution in [2.45, 2.75) is 71.1 Å². The number of hydrazone groups is 1. The summed E-state index contributed by atoms with van der Waals surface area (Å²) in [6.07, 6.45) is 15.1. The zero-order valence-electron chi connectivity index (χ0n) is 16.2. The minimum atomic E-state index is -0.0336. The molecule has 26 heavy (non-hydrogen) atoms. The van der Waals surface area contributed by atoms with Crippen LogP contribution in [0.1, 0.15) is 76.7 Å². The van der Waals surface area contributed by atoms with Crippen LogP contribution in [-0.4, -0.2) is 18.7 Å². The quantitative estimate of drug-likeness (QED) is 0.191. The smallest absolute Gasteiger partial charge is 0.240 e. The maximum Gasteiger partial charge on any atom is 0.240 e. The molecule has 1 rings (SSSR count). The lowest BCUT2D eigenvalue weighted by Gasteiger charge is -2.06. The summed E-state index contributed by atoms with van der Waals surface area (Å²) >= 11 is 0. The van der Waals surface area contributed by atoms with E-state index < -0.39 is 0 Å². The van der Waals surface area contributed by atoms with Crippen LogP contribution in [0.4, 0.5) is 0 Å².